The molecule has 19 heavy (non-hydrogen) atoms. The summed E-state index contributed by atoms with van der Waals surface area (Å²) in [5.41, 5.74) is 0.724. The van der Waals surface area contributed by atoms with E-state index in [4.69, 9.17) is 4.74 Å². The normalized spacial score (nSPS) is 15.8. The molecule has 0 aliphatic carbocycles. The second kappa shape index (κ2) is 7.36. The molecule has 4 heteroatoms. The van der Waals surface area contributed by atoms with Crippen LogP contribution in [0.3, 0.4) is 0 Å². The van der Waals surface area contributed by atoms with Crippen LogP contribution in [0.4, 0.5) is 0 Å². The van der Waals surface area contributed by atoms with E-state index in [-0.39, 0.29) is 11.7 Å². The molecule has 0 aliphatic heterocycles. The maximum atomic E-state index is 10.0. The van der Waals surface area contributed by atoms with Crippen LogP contribution in [0.2, 0.25) is 0 Å². The summed E-state index contributed by atoms with van der Waals surface area (Å²) in [6, 6.07) is 5.30. The van der Waals surface area contributed by atoms with Gasteiger partial charge in [-0.05, 0) is 24.8 Å². The molecule has 0 amide bonds. The third-order valence-corrected chi connectivity index (χ3v) is 3.40. The fraction of sp³-hybridized carbons (Fsp3) is 0.600. The Kier molecular flexibility index (Phi) is 6.12. The molecule has 0 heterocycles. The number of para-hydroxylation sites is 1. The van der Waals surface area contributed by atoms with E-state index in [1.807, 2.05) is 13.8 Å². The number of aromatic hydroxyl groups is 1. The van der Waals surface area contributed by atoms with E-state index < -0.39 is 12.2 Å². The van der Waals surface area contributed by atoms with Crippen LogP contribution in [0, 0.1) is 0 Å². The molecule has 0 aromatic heterocycles. The number of phenols is 1. The Bertz CT molecular complexity index is 392. The molecular weight excluding hydrogens is 244 g/mol. The Balaban J connectivity index is 2.75. The summed E-state index contributed by atoms with van der Waals surface area (Å²) in [5.74, 6) is 0.472. The lowest BCUT2D eigenvalue weighted by Gasteiger charge is -2.22. The summed E-state index contributed by atoms with van der Waals surface area (Å²) >= 11 is 0. The first kappa shape index (κ1) is 15.8. The Morgan fingerprint density at radius 1 is 1.21 bits per heavy atom. The zero-order chi connectivity index (χ0) is 14.4. The van der Waals surface area contributed by atoms with Crippen molar-refractivity contribution in [2.75, 3.05) is 7.11 Å². The zero-order valence-electron chi connectivity index (χ0n) is 11.8. The standard InChI is InChI=1S/C15H24O4/c1-4-6-12(16)13(17)9-10(2)11-7-5-8-14(19-3)15(11)18/h5,7-8,10,12-13,16-18H,4,6,9H2,1-3H3. The minimum Gasteiger partial charge on any atom is -0.504 e. The van der Waals surface area contributed by atoms with Crippen molar-refractivity contribution in [1.29, 1.82) is 0 Å². The van der Waals surface area contributed by atoms with E-state index in [1.54, 1.807) is 18.2 Å². The van der Waals surface area contributed by atoms with E-state index in [1.165, 1.54) is 7.11 Å². The van der Waals surface area contributed by atoms with Crippen LogP contribution in [0.25, 0.3) is 0 Å². The van der Waals surface area contributed by atoms with E-state index in [0.29, 0.717) is 18.6 Å². The monoisotopic (exact) mass is 268 g/mol. The highest BCUT2D eigenvalue weighted by atomic mass is 16.5. The molecule has 0 bridgehead atoms. The number of aliphatic hydroxyl groups excluding tert-OH is 2. The fourth-order valence-corrected chi connectivity index (χ4v) is 2.24. The average molecular weight is 268 g/mol. The van der Waals surface area contributed by atoms with Gasteiger partial charge in [-0.25, -0.2) is 0 Å². The lowest BCUT2D eigenvalue weighted by atomic mass is 9.91. The molecule has 1 rings (SSSR count). The second-order valence-electron chi connectivity index (χ2n) is 4.96. The molecule has 0 aliphatic rings. The van der Waals surface area contributed by atoms with Gasteiger partial charge in [0.1, 0.15) is 0 Å². The van der Waals surface area contributed by atoms with Crippen molar-refractivity contribution < 1.29 is 20.1 Å². The third kappa shape index (κ3) is 4.11. The first-order valence-corrected chi connectivity index (χ1v) is 6.73. The van der Waals surface area contributed by atoms with Crippen molar-refractivity contribution in [2.45, 2.75) is 51.2 Å². The second-order valence-corrected chi connectivity index (χ2v) is 4.96. The highest BCUT2D eigenvalue weighted by Gasteiger charge is 2.21. The number of hydrogen-bond donors (Lipinski definition) is 3. The molecule has 3 N–H and O–H groups in total. The average Bonchev–Trinajstić information content (AvgIpc) is 2.39. The minimum absolute atomic E-state index is 0.0587. The SMILES string of the molecule is CCCC(O)C(O)CC(C)c1cccc(OC)c1O. The van der Waals surface area contributed by atoms with Crippen LogP contribution >= 0.6 is 0 Å². The fourth-order valence-electron chi connectivity index (χ4n) is 2.24. The first-order valence-electron chi connectivity index (χ1n) is 6.73. The predicted molar refractivity (Wildman–Crippen MR) is 74.6 cm³/mol. The summed E-state index contributed by atoms with van der Waals surface area (Å²) < 4.78 is 5.06. The molecule has 0 saturated heterocycles. The molecule has 0 saturated carbocycles. The van der Waals surface area contributed by atoms with Gasteiger partial charge < -0.3 is 20.1 Å². The van der Waals surface area contributed by atoms with Crippen molar-refractivity contribution in [2.24, 2.45) is 0 Å². The molecule has 4 nitrogen and oxygen atoms in total. The Hall–Kier alpha value is -1.26. The number of phenolic OH excluding ortho intramolecular Hbond substituents is 1. The molecule has 3 unspecified atom stereocenters. The molecule has 3 atom stereocenters. The molecule has 1 aromatic carbocycles. The van der Waals surface area contributed by atoms with Crippen molar-refractivity contribution in [3.8, 4) is 11.5 Å². The van der Waals surface area contributed by atoms with Crippen LogP contribution in [0.1, 0.15) is 44.6 Å². The molecule has 108 valence electrons. The van der Waals surface area contributed by atoms with E-state index in [0.717, 1.165) is 12.0 Å². The van der Waals surface area contributed by atoms with Gasteiger partial charge >= 0.3 is 0 Å². The summed E-state index contributed by atoms with van der Waals surface area (Å²) in [6.45, 7) is 3.88. The van der Waals surface area contributed by atoms with Crippen molar-refractivity contribution >= 4 is 0 Å². The van der Waals surface area contributed by atoms with Crippen molar-refractivity contribution in [3.63, 3.8) is 0 Å². The summed E-state index contributed by atoms with van der Waals surface area (Å²) in [6.07, 6.45) is 0.331. The molecule has 0 spiro atoms. The van der Waals surface area contributed by atoms with Crippen LogP contribution in [0.15, 0.2) is 18.2 Å². The largest absolute Gasteiger partial charge is 0.504 e. The van der Waals surface area contributed by atoms with Gasteiger partial charge in [0.05, 0.1) is 19.3 Å². The Morgan fingerprint density at radius 3 is 2.47 bits per heavy atom. The van der Waals surface area contributed by atoms with Crippen molar-refractivity contribution in [3.05, 3.63) is 23.8 Å². The van der Waals surface area contributed by atoms with Gasteiger partial charge in [0, 0.05) is 5.56 Å². The van der Waals surface area contributed by atoms with Gasteiger partial charge in [-0.2, -0.15) is 0 Å². The summed E-state index contributed by atoms with van der Waals surface area (Å²) in [7, 11) is 1.50. The quantitative estimate of drug-likeness (QED) is 0.710. The lowest BCUT2D eigenvalue weighted by molar-refractivity contribution is 0.00627. The Labute approximate surface area is 114 Å². The number of rotatable bonds is 7. The van der Waals surface area contributed by atoms with Gasteiger partial charge in [0.25, 0.3) is 0 Å². The smallest absolute Gasteiger partial charge is 0.161 e. The summed E-state index contributed by atoms with van der Waals surface area (Å²) in [4.78, 5) is 0. The summed E-state index contributed by atoms with van der Waals surface area (Å²) in [5, 5.41) is 29.7. The molecular formula is C15H24O4. The van der Waals surface area contributed by atoms with E-state index in [9.17, 15) is 15.3 Å². The van der Waals surface area contributed by atoms with Gasteiger partial charge in [-0.3, -0.25) is 0 Å². The van der Waals surface area contributed by atoms with Gasteiger partial charge in [-0.1, -0.05) is 32.4 Å². The number of aliphatic hydroxyl groups is 2. The molecule has 1 aromatic rings. The highest BCUT2D eigenvalue weighted by molar-refractivity contribution is 5.46. The van der Waals surface area contributed by atoms with Crippen LogP contribution < -0.4 is 4.74 Å². The van der Waals surface area contributed by atoms with E-state index >= 15 is 0 Å². The number of ether oxygens (including phenoxy) is 1. The number of hydrogen-bond acceptors (Lipinski definition) is 4. The van der Waals surface area contributed by atoms with Crippen LogP contribution in [-0.4, -0.2) is 34.6 Å². The number of methoxy groups -OCH3 is 1. The van der Waals surface area contributed by atoms with E-state index in [2.05, 4.69) is 0 Å². The molecule has 0 fully saturated rings. The van der Waals surface area contributed by atoms with Crippen LogP contribution in [0.5, 0.6) is 11.5 Å². The van der Waals surface area contributed by atoms with Crippen molar-refractivity contribution in [1.82, 2.24) is 0 Å². The van der Waals surface area contributed by atoms with Crippen LogP contribution in [-0.2, 0) is 0 Å². The maximum Gasteiger partial charge on any atom is 0.161 e. The third-order valence-electron chi connectivity index (χ3n) is 3.40. The lowest BCUT2D eigenvalue weighted by Crippen LogP contribution is -2.27. The highest BCUT2D eigenvalue weighted by Crippen LogP contribution is 2.36. The first-order chi connectivity index (χ1) is 9.01. The zero-order valence-corrected chi connectivity index (χ0v) is 11.8. The minimum atomic E-state index is -0.777. The topological polar surface area (TPSA) is 69.9 Å². The van der Waals surface area contributed by atoms with Gasteiger partial charge in [0.15, 0.2) is 11.5 Å². The Morgan fingerprint density at radius 2 is 1.89 bits per heavy atom. The van der Waals surface area contributed by atoms with Gasteiger partial charge in [0.2, 0.25) is 0 Å². The number of benzene rings is 1. The maximum absolute atomic E-state index is 10.0. The van der Waals surface area contributed by atoms with Gasteiger partial charge in [-0.15, -0.1) is 0 Å². The predicted octanol–water partition coefficient (Wildman–Crippen LogP) is 2.42. The molecule has 0 radical (unpaired) electrons.